The van der Waals surface area contributed by atoms with Gasteiger partial charge in [-0.25, -0.2) is 4.39 Å². The average molecular weight is 350 g/mol. The molecule has 3 aromatic rings. The van der Waals surface area contributed by atoms with E-state index in [1.54, 1.807) is 18.2 Å². The maximum absolute atomic E-state index is 13.8. The molecule has 0 unspecified atom stereocenters. The lowest BCUT2D eigenvalue weighted by Crippen LogP contribution is -2.16. The van der Waals surface area contributed by atoms with Gasteiger partial charge in [-0.1, -0.05) is 6.07 Å². The molecule has 3 rings (SSSR count). The third-order valence-electron chi connectivity index (χ3n) is 3.35. The van der Waals surface area contributed by atoms with Crippen molar-refractivity contribution < 1.29 is 22.4 Å². The van der Waals surface area contributed by atoms with Gasteiger partial charge in [0.25, 0.3) is 5.91 Å². The summed E-state index contributed by atoms with van der Waals surface area (Å²) >= 11 is 0. The van der Waals surface area contributed by atoms with Crippen molar-refractivity contribution in [2.24, 2.45) is 0 Å². The van der Waals surface area contributed by atoms with E-state index in [-0.39, 0.29) is 5.69 Å². The van der Waals surface area contributed by atoms with E-state index in [9.17, 15) is 22.4 Å². The molecule has 9 heteroatoms. The van der Waals surface area contributed by atoms with Gasteiger partial charge >= 0.3 is 6.18 Å². The Bertz CT molecular complexity index is 906. The summed E-state index contributed by atoms with van der Waals surface area (Å²) in [5, 5.41) is 8.74. The van der Waals surface area contributed by atoms with Gasteiger partial charge in [0.2, 0.25) is 0 Å². The van der Waals surface area contributed by atoms with Crippen molar-refractivity contribution in [1.29, 1.82) is 0 Å². The fourth-order valence-corrected chi connectivity index (χ4v) is 2.15. The monoisotopic (exact) mass is 350 g/mol. The smallest absolute Gasteiger partial charge is 0.319 e. The molecule has 0 saturated heterocycles. The number of amides is 1. The van der Waals surface area contributed by atoms with Crippen LogP contribution >= 0.6 is 0 Å². The number of H-pyrrole nitrogens is 1. The van der Waals surface area contributed by atoms with E-state index in [4.69, 9.17) is 0 Å². The largest absolute Gasteiger partial charge is 0.416 e. The molecule has 128 valence electrons. The SMILES string of the molecule is O=C(Nc1cn[nH]c1-c1ccccn1)c1cc(C(F)(F)F)ccc1F. The number of carbonyl (C=O) groups is 1. The maximum Gasteiger partial charge on any atom is 0.416 e. The number of aromatic amines is 1. The van der Waals surface area contributed by atoms with Gasteiger partial charge in [0.1, 0.15) is 11.5 Å². The van der Waals surface area contributed by atoms with Gasteiger partial charge in [0.15, 0.2) is 0 Å². The average Bonchev–Trinajstić information content (AvgIpc) is 3.03. The molecule has 0 aliphatic carbocycles. The van der Waals surface area contributed by atoms with Crippen LogP contribution in [0.1, 0.15) is 15.9 Å². The summed E-state index contributed by atoms with van der Waals surface area (Å²) in [5.41, 5.74) is -0.860. The van der Waals surface area contributed by atoms with Crippen LogP contribution in [0, 0.1) is 5.82 Å². The highest BCUT2D eigenvalue weighted by molar-refractivity contribution is 6.06. The van der Waals surface area contributed by atoms with Crippen LogP contribution in [-0.2, 0) is 6.18 Å². The van der Waals surface area contributed by atoms with E-state index >= 15 is 0 Å². The van der Waals surface area contributed by atoms with Gasteiger partial charge in [-0.05, 0) is 30.3 Å². The lowest BCUT2D eigenvalue weighted by Gasteiger charge is -2.10. The topological polar surface area (TPSA) is 70.7 Å². The molecule has 2 N–H and O–H groups in total. The number of hydrogen-bond acceptors (Lipinski definition) is 3. The highest BCUT2D eigenvalue weighted by Gasteiger charge is 2.32. The molecule has 0 atom stereocenters. The number of nitrogens with one attached hydrogen (secondary N) is 2. The lowest BCUT2D eigenvalue weighted by molar-refractivity contribution is -0.137. The normalized spacial score (nSPS) is 11.4. The number of nitrogens with zero attached hydrogens (tertiary/aromatic N) is 2. The second-order valence-corrected chi connectivity index (χ2v) is 5.02. The van der Waals surface area contributed by atoms with Crippen LogP contribution in [-0.4, -0.2) is 21.1 Å². The second-order valence-electron chi connectivity index (χ2n) is 5.02. The number of aromatic nitrogens is 3. The van der Waals surface area contributed by atoms with E-state index in [1.165, 1.54) is 12.4 Å². The number of pyridine rings is 1. The molecule has 0 saturated carbocycles. The van der Waals surface area contributed by atoms with Crippen LogP contribution in [0.15, 0.2) is 48.8 Å². The van der Waals surface area contributed by atoms with Gasteiger partial charge in [-0.15, -0.1) is 0 Å². The summed E-state index contributed by atoms with van der Waals surface area (Å²) in [6.45, 7) is 0. The molecule has 0 bridgehead atoms. The molecule has 1 aromatic carbocycles. The van der Waals surface area contributed by atoms with Gasteiger partial charge < -0.3 is 5.32 Å². The molecule has 2 aromatic heterocycles. The van der Waals surface area contributed by atoms with E-state index < -0.39 is 29.0 Å². The van der Waals surface area contributed by atoms with Crippen molar-refractivity contribution in [3.05, 3.63) is 65.7 Å². The Hall–Kier alpha value is -3.23. The standard InChI is InChI=1S/C16H10F4N4O/c17-11-5-4-9(16(18,19)20)7-10(11)15(25)23-13-8-22-24-14(13)12-3-1-2-6-21-12/h1-8H,(H,22,24)(H,23,25). The Morgan fingerprint density at radius 1 is 1.16 bits per heavy atom. The minimum atomic E-state index is -4.68. The zero-order chi connectivity index (χ0) is 18.0. The first-order valence-corrected chi connectivity index (χ1v) is 6.99. The molecule has 0 spiro atoms. The first kappa shape index (κ1) is 16.6. The molecular formula is C16H10F4N4O. The van der Waals surface area contributed by atoms with E-state index in [2.05, 4.69) is 20.5 Å². The summed E-state index contributed by atoms with van der Waals surface area (Å²) in [5.74, 6) is -2.09. The van der Waals surface area contributed by atoms with Crippen LogP contribution in [0.3, 0.4) is 0 Å². The molecule has 0 aliphatic heterocycles. The van der Waals surface area contributed by atoms with Crippen LogP contribution in [0.4, 0.5) is 23.2 Å². The summed E-state index contributed by atoms with van der Waals surface area (Å²) in [7, 11) is 0. The van der Waals surface area contributed by atoms with Crippen molar-refractivity contribution in [1.82, 2.24) is 15.2 Å². The molecule has 0 aliphatic rings. The Balaban J connectivity index is 1.91. The van der Waals surface area contributed by atoms with E-state index in [0.29, 0.717) is 29.6 Å². The Kier molecular flexibility index (Phi) is 4.22. The highest BCUT2D eigenvalue weighted by Crippen LogP contribution is 2.31. The lowest BCUT2D eigenvalue weighted by atomic mass is 10.1. The minimum Gasteiger partial charge on any atom is -0.319 e. The highest BCUT2D eigenvalue weighted by atomic mass is 19.4. The van der Waals surface area contributed by atoms with Crippen LogP contribution in [0.25, 0.3) is 11.4 Å². The van der Waals surface area contributed by atoms with Crippen molar-refractivity contribution in [3.8, 4) is 11.4 Å². The molecule has 0 fully saturated rings. The summed E-state index contributed by atoms with van der Waals surface area (Å²) in [4.78, 5) is 16.3. The predicted molar refractivity (Wildman–Crippen MR) is 81.2 cm³/mol. The van der Waals surface area contributed by atoms with Crippen LogP contribution in [0.2, 0.25) is 0 Å². The number of rotatable bonds is 3. The Morgan fingerprint density at radius 3 is 2.64 bits per heavy atom. The Labute approximate surface area is 138 Å². The molecule has 25 heavy (non-hydrogen) atoms. The predicted octanol–water partition coefficient (Wildman–Crippen LogP) is 3.88. The van der Waals surface area contributed by atoms with Crippen molar-refractivity contribution >= 4 is 11.6 Å². The summed E-state index contributed by atoms with van der Waals surface area (Å²) < 4.78 is 52.0. The van der Waals surface area contributed by atoms with Crippen molar-refractivity contribution in [2.45, 2.75) is 6.18 Å². The summed E-state index contributed by atoms with van der Waals surface area (Å²) in [6.07, 6.45) is -1.90. The number of carbonyl (C=O) groups excluding carboxylic acids is 1. The third kappa shape index (κ3) is 3.49. The fraction of sp³-hybridized carbons (Fsp3) is 0.0625. The van der Waals surface area contributed by atoms with Crippen molar-refractivity contribution in [3.63, 3.8) is 0 Å². The van der Waals surface area contributed by atoms with Gasteiger partial charge in [0.05, 0.1) is 28.7 Å². The molecular weight excluding hydrogens is 340 g/mol. The van der Waals surface area contributed by atoms with Gasteiger partial charge in [-0.3, -0.25) is 14.9 Å². The Morgan fingerprint density at radius 2 is 1.96 bits per heavy atom. The minimum absolute atomic E-state index is 0.167. The van der Waals surface area contributed by atoms with E-state index in [1.807, 2.05) is 0 Å². The zero-order valence-electron chi connectivity index (χ0n) is 12.4. The van der Waals surface area contributed by atoms with Crippen LogP contribution in [0.5, 0.6) is 0 Å². The fourth-order valence-electron chi connectivity index (χ4n) is 2.15. The second kappa shape index (κ2) is 6.34. The number of benzene rings is 1. The van der Waals surface area contributed by atoms with Crippen molar-refractivity contribution in [2.75, 3.05) is 5.32 Å². The number of anilines is 1. The quantitative estimate of drug-likeness (QED) is 0.704. The first-order chi connectivity index (χ1) is 11.9. The molecule has 0 radical (unpaired) electrons. The zero-order valence-corrected chi connectivity index (χ0v) is 12.4. The first-order valence-electron chi connectivity index (χ1n) is 6.99. The van der Waals surface area contributed by atoms with E-state index in [0.717, 1.165) is 0 Å². The number of hydrogen-bond donors (Lipinski definition) is 2. The summed E-state index contributed by atoms with van der Waals surface area (Å²) in [6, 6.07) is 6.69. The molecule has 2 heterocycles. The molecule has 5 nitrogen and oxygen atoms in total. The number of halogens is 4. The third-order valence-corrected chi connectivity index (χ3v) is 3.35. The molecule has 1 amide bonds. The van der Waals surface area contributed by atoms with Crippen LogP contribution < -0.4 is 5.32 Å². The maximum atomic E-state index is 13.8. The van der Waals surface area contributed by atoms with Gasteiger partial charge in [0, 0.05) is 6.20 Å². The number of alkyl halides is 3. The van der Waals surface area contributed by atoms with Gasteiger partial charge in [-0.2, -0.15) is 18.3 Å².